The van der Waals surface area contributed by atoms with Gasteiger partial charge in [0.1, 0.15) is 0 Å². The third-order valence-electron chi connectivity index (χ3n) is 1.41. The van der Waals surface area contributed by atoms with Gasteiger partial charge < -0.3 is 0 Å². The van der Waals surface area contributed by atoms with E-state index in [1.165, 1.54) is 30.4 Å². The molecule has 0 atom stereocenters. The molecule has 1 radical (unpaired) electrons. The van der Waals surface area contributed by atoms with Gasteiger partial charge in [-0.2, -0.15) is 0 Å². The van der Waals surface area contributed by atoms with Crippen LogP contribution in [0.25, 0.3) is 0 Å². The van der Waals surface area contributed by atoms with Gasteiger partial charge in [-0.15, -0.1) is 11.3 Å². The first-order chi connectivity index (χ1) is 5.36. The van der Waals surface area contributed by atoms with Crippen molar-refractivity contribution in [2.24, 2.45) is 0 Å². The average molecular weight is 152 g/mol. The summed E-state index contributed by atoms with van der Waals surface area (Å²) in [7, 11) is 1.46. The van der Waals surface area contributed by atoms with Crippen molar-refractivity contribution in [2.45, 2.75) is 26.1 Å². The molecule has 1 aromatic rings. The van der Waals surface area contributed by atoms with E-state index in [2.05, 4.69) is 19.1 Å². The van der Waals surface area contributed by atoms with Crippen molar-refractivity contribution >= 4 is 19.1 Å². The predicted molar refractivity (Wildman–Crippen MR) is 49.2 cm³/mol. The molecule has 1 aromatic heterocycles. The zero-order valence-electron chi connectivity index (χ0n) is 7.26. The molecule has 0 saturated heterocycles. The van der Waals surface area contributed by atoms with Crippen molar-refractivity contribution in [1.29, 1.82) is 1.34 Å². The smallest absolute Gasteiger partial charge is 0.0936 e. The molecule has 10 heavy (non-hydrogen) atoms. The Labute approximate surface area is 69.0 Å². The van der Waals surface area contributed by atoms with Crippen molar-refractivity contribution < 1.29 is 0 Å². The average Bonchev–Trinajstić information content (AvgIpc) is 2.38. The van der Waals surface area contributed by atoms with Crippen LogP contribution >= 0.6 is 11.3 Å². The molecule has 53 valence electrons. The van der Waals surface area contributed by atoms with Gasteiger partial charge in [-0.05, 0) is 24.8 Å². The first kappa shape index (κ1) is 6.47. The molecule has 0 N–H and O–H groups in total. The molecular weight excluding hydrogens is 139 g/mol. The van der Waals surface area contributed by atoms with E-state index in [0.717, 1.165) is 6.32 Å². The minimum absolute atomic E-state index is 0.800. The number of hydrogen-bond acceptors (Lipinski definition) is 1. The van der Waals surface area contributed by atoms with Crippen LogP contribution in [0.4, 0.5) is 0 Å². The second kappa shape index (κ2) is 3.82. The molecule has 0 nitrogen and oxygen atoms in total. The van der Waals surface area contributed by atoms with E-state index in [4.69, 9.17) is 1.34 Å². The lowest BCUT2D eigenvalue weighted by molar-refractivity contribution is 0.940. The zero-order valence-corrected chi connectivity index (χ0v) is 7.08. The van der Waals surface area contributed by atoms with Crippen LogP contribution in [-0.4, -0.2) is 9.15 Å². The monoisotopic (exact) mass is 152 g/mol. The van der Waals surface area contributed by atoms with Crippen LogP contribution in [0, 0.1) is 0 Å². The number of rotatable bonds is 4. The van der Waals surface area contributed by atoms with Gasteiger partial charge in [0.05, 0.1) is 7.81 Å². The Morgan fingerprint density at radius 2 is 2.40 bits per heavy atom. The van der Waals surface area contributed by atoms with E-state index in [-0.39, 0.29) is 0 Å². The number of hydrogen-bond donors (Lipinski definition) is 0. The van der Waals surface area contributed by atoms with Crippen LogP contribution in [-0.2, 0) is 12.7 Å². The molecule has 0 bridgehead atoms. The molecule has 0 amide bonds. The van der Waals surface area contributed by atoms with Crippen LogP contribution in [0.3, 0.4) is 0 Å². The lowest BCUT2D eigenvalue weighted by atomic mass is 10.0. The Hall–Kier alpha value is -0.235. The molecule has 0 saturated carbocycles. The van der Waals surface area contributed by atoms with Crippen molar-refractivity contribution in [3.8, 4) is 0 Å². The third-order valence-corrected chi connectivity index (χ3v) is 2.58. The first-order valence-corrected chi connectivity index (χ1v) is 4.46. The Bertz CT molecular complexity index is 189. The molecule has 2 heteroatoms. The molecule has 1 rings (SSSR count). The van der Waals surface area contributed by atoms with Gasteiger partial charge >= 0.3 is 0 Å². The summed E-state index contributed by atoms with van der Waals surface area (Å²) in [5, 5.41) is 0. The number of aryl methyl sites for hydroxylation is 1. The summed E-state index contributed by atoms with van der Waals surface area (Å²) in [6, 6.07) is 4.30. The highest BCUT2D eigenvalue weighted by Crippen LogP contribution is 2.17. The normalized spacial score (nSPS) is 11.1. The Balaban J connectivity index is 2.51. The van der Waals surface area contributed by atoms with Gasteiger partial charge in [0.15, 0.2) is 0 Å². The third kappa shape index (κ3) is 1.88. The standard InChI is InChI=1S/C8H12BS/c1-2-3-7-4-5-8(6-9)10-7/h4-5,9H,2-3,6H2,1H3/i9D. The van der Waals surface area contributed by atoms with Crippen molar-refractivity contribution in [2.75, 3.05) is 0 Å². The maximum Gasteiger partial charge on any atom is 0.0936 e. The van der Waals surface area contributed by atoms with Gasteiger partial charge in [-0.1, -0.05) is 19.7 Å². The van der Waals surface area contributed by atoms with Gasteiger partial charge in [0, 0.05) is 4.88 Å². The van der Waals surface area contributed by atoms with Crippen LogP contribution < -0.4 is 0 Å². The molecule has 1 heterocycles. The summed E-state index contributed by atoms with van der Waals surface area (Å²) in [6.07, 6.45) is 3.20. The van der Waals surface area contributed by atoms with Crippen LogP contribution in [0.2, 0.25) is 0 Å². The second-order valence-corrected chi connectivity index (χ2v) is 3.58. The maximum atomic E-state index is 6.93. The maximum absolute atomic E-state index is 6.93. The fraction of sp³-hybridized carbons (Fsp3) is 0.500. The summed E-state index contributed by atoms with van der Waals surface area (Å²) in [6.45, 7) is 2.19. The minimum atomic E-state index is 0.800. The van der Waals surface area contributed by atoms with Crippen LogP contribution in [0.5, 0.6) is 0 Å². The zero-order chi connectivity index (χ0) is 8.10. The highest BCUT2D eigenvalue weighted by molar-refractivity contribution is 7.12. The number of thiophene rings is 1. The van der Waals surface area contributed by atoms with Crippen molar-refractivity contribution in [3.63, 3.8) is 0 Å². The van der Waals surface area contributed by atoms with Crippen LogP contribution in [0.15, 0.2) is 12.1 Å². The lowest BCUT2D eigenvalue weighted by Crippen LogP contribution is -1.73. The summed E-state index contributed by atoms with van der Waals surface area (Å²) in [5.74, 6) is 0. The molecule has 0 unspecified atom stereocenters. The Kier molecular flexibility index (Phi) is 2.47. The first-order valence-electron chi connectivity index (χ1n) is 4.22. The van der Waals surface area contributed by atoms with Gasteiger partial charge in [0.2, 0.25) is 0 Å². The highest BCUT2D eigenvalue weighted by atomic mass is 32.1. The van der Waals surface area contributed by atoms with Gasteiger partial charge in [0.25, 0.3) is 0 Å². The predicted octanol–water partition coefficient (Wildman–Crippen LogP) is 2.10. The lowest BCUT2D eigenvalue weighted by Gasteiger charge is -1.88. The molecular formula is C8H12BS. The summed E-state index contributed by atoms with van der Waals surface area (Å²) < 4.78 is 6.93. The molecule has 0 aliphatic carbocycles. The Morgan fingerprint density at radius 3 is 3.10 bits per heavy atom. The highest BCUT2D eigenvalue weighted by Gasteiger charge is 1.95. The van der Waals surface area contributed by atoms with E-state index in [9.17, 15) is 0 Å². The van der Waals surface area contributed by atoms with E-state index < -0.39 is 0 Å². The summed E-state index contributed by atoms with van der Waals surface area (Å²) in [5.41, 5.74) is 0. The molecule has 0 aliphatic heterocycles. The quantitative estimate of drug-likeness (QED) is 0.579. The molecule has 0 spiro atoms. The Morgan fingerprint density at radius 1 is 1.60 bits per heavy atom. The van der Waals surface area contributed by atoms with Gasteiger partial charge in [-0.3, -0.25) is 0 Å². The van der Waals surface area contributed by atoms with Crippen LogP contribution in [0.1, 0.15) is 23.1 Å². The van der Waals surface area contributed by atoms with Crippen molar-refractivity contribution in [3.05, 3.63) is 21.9 Å². The molecule has 0 aromatic carbocycles. The SMILES string of the molecule is [2H][B]Cc1ccc(CCC)s1. The topological polar surface area (TPSA) is 0 Å². The fourth-order valence-corrected chi connectivity index (χ4v) is 1.91. The van der Waals surface area contributed by atoms with E-state index in [1.807, 2.05) is 11.3 Å². The summed E-state index contributed by atoms with van der Waals surface area (Å²) >= 11 is 1.83. The second-order valence-electron chi connectivity index (χ2n) is 2.32. The van der Waals surface area contributed by atoms with E-state index in [0.29, 0.717) is 0 Å². The summed E-state index contributed by atoms with van der Waals surface area (Å²) in [4.78, 5) is 2.76. The fourth-order valence-electron chi connectivity index (χ4n) is 0.913. The van der Waals surface area contributed by atoms with Gasteiger partial charge in [-0.25, -0.2) is 0 Å². The van der Waals surface area contributed by atoms with E-state index in [1.54, 1.807) is 0 Å². The molecule has 0 aliphatic rings. The van der Waals surface area contributed by atoms with Crippen molar-refractivity contribution in [1.82, 2.24) is 0 Å². The largest absolute Gasteiger partial charge is 0.146 e. The van der Waals surface area contributed by atoms with E-state index >= 15 is 0 Å². The molecule has 0 fully saturated rings. The minimum Gasteiger partial charge on any atom is -0.146 e.